The summed E-state index contributed by atoms with van der Waals surface area (Å²) in [6, 6.07) is 12.4. The molecule has 1 aliphatic heterocycles. The zero-order valence-electron chi connectivity index (χ0n) is 18.6. The van der Waals surface area contributed by atoms with Crippen LogP contribution in [0.15, 0.2) is 42.5 Å². The molecule has 1 heterocycles. The number of Topliss-reactive ketones (excluding diaryl/α,β-unsaturated/α-hetero) is 2. The number of nitrogens with one attached hydrogen (secondary N) is 1. The van der Waals surface area contributed by atoms with Crippen molar-refractivity contribution in [3.05, 3.63) is 64.7 Å². The molecule has 0 saturated heterocycles. The quantitative estimate of drug-likeness (QED) is 0.745. The Morgan fingerprint density at radius 3 is 2.39 bits per heavy atom. The van der Waals surface area contributed by atoms with Gasteiger partial charge in [-0.25, -0.2) is 0 Å². The fourth-order valence-corrected chi connectivity index (χ4v) is 4.90. The van der Waals surface area contributed by atoms with E-state index in [9.17, 15) is 19.2 Å². The minimum absolute atomic E-state index is 0.0361. The molecule has 1 N–H and O–H groups in total. The zero-order chi connectivity index (χ0) is 22.9. The molecule has 5 rings (SSSR count). The van der Waals surface area contributed by atoms with E-state index in [4.69, 9.17) is 0 Å². The molecule has 2 aromatic rings. The number of benzene rings is 2. The molecule has 2 fully saturated rings. The first-order valence-corrected chi connectivity index (χ1v) is 11.9. The third-order valence-electron chi connectivity index (χ3n) is 6.99. The Hall–Kier alpha value is -3.28. The van der Waals surface area contributed by atoms with Crippen LogP contribution in [0.4, 0.5) is 5.69 Å². The van der Waals surface area contributed by atoms with Crippen molar-refractivity contribution in [1.29, 1.82) is 0 Å². The standard InChI is InChI=1S/C27H28N2O4/c30-22-3-1-2-4-25(31)24(14-12-22)29-16-20-15-21(11-13-23(20)27(29)33)28-26(32)19-9-7-18(8-10-19)17-5-6-17/h7-11,13,15,17,24H,1-6,12,14,16H2,(H,28,32). The van der Waals surface area contributed by atoms with E-state index in [0.717, 1.165) is 12.0 Å². The van der Waals surface area contributed by atoms with Crippen molar-refractivity contribution in [1.82, 2.24) is 4.90 Å². The van der Waals surface area contributed by atoms with E-state index in [1.54, 1.807) is 17.0 Å². The van der Waals surface area contributed by atoms with Crippen LogP contribution in [0.3, 0.4) is 0 Å². The summed E-state index contributed by atoms with van der Waals surface area (Å²) in [5.41, 5.74) is 3.85. The lowest BCUT2D eigenvalue weighted by Gasteiger charge is -2.26. The molecule has 6 nitrogen and oxygen atoms in total. The van der Waals surface area contributed by atoms with E-state index in [1.807, 2.05) is 30.3 Å². The number of fused-ring (bicyclic) bond motifs is 1. The fourth-order valence-electron chi connectivity index (χ4n) is 4.90. The number of amides is 2. The van der Waals surface area contributed by atoms with Crippen molar-refractivity contribution in [3.8, 4) is 0 Å². The highest BCUT2D eigenvalue weighted by Gasteiger charge is 2.36. The van der Waals surface area contributed by atoms with Gasteiger partial charge in [-0.15, -0.1) is 0 Å². The number of carbonyl (C=O) groups is 4. The molecule has 6 heteroatoms. The summed E-state index contributed by atoms with van der Waals surface area (Å²) < 4.78 is 0. The molecule has 2 saturated carbocycles. The van der Waals surface area contributed by atoms with Gasteiger partial charge >= 0.3 is 0 Å². The Bertz CT molecular complexity index is 1120. The molecular weight excluding hydrogens is 416 g/mol. The average Bonchev–Trinajstić information content (AvgIpc) is 3.60. The smallest absolute Gasteiger partial charge is 0.255 e. The third kappa shape index (κ3) is 4.61. The second kappa shape index (κ2) is 8.93. The SMILES string of the molecule is O=C1CCCCC(=O)C(N2Cc3cc(NC(=O)c4ccc(C5CC5)cc4)ccc3C2=O)CC1. The molecule has 2 aliphatic carbocycles. The zero-order valence-corrected chi connectivity index (χ0v) is 18.6. The summed E-state index contributed by atoms with van der Waals surface area (Å²) in [5.74, 6) is 0.474. The van der Waals surface area contributed by atoms with E-state index >= 15 is 0 Å². The van der Waals surface area contributed by atoms with Gasteiger partial charge in [0.25, 0.3) is 11.8 Å². The van der Waals surface area contributed by atoms with Crippen LogP contribution in [-0.2, 0) is 16.1 Å². The van der Waals surface area contributed by atoms with Gasteiger partial charge in [0.05, 0.1) is 6.04 Å². The third-order valence-corrected chi connectivity index (χ3v) is 6.99. The minimum atomic E-state index is -0.560. The van der Waals surface area contributed by atoms with E-state index in [2.05, 4.69) is 5.32 Å². The topological polar surface area (TPSA) is 83.6 Å². The van der Waals surface area contributed by atoms with Crippen LogP contribution < -0.4 is 5.32 Å². The van der Waals surface area contributed by atoms with Crippen LogP contribution in [0.2, 0.25) is 0 Å². The molecule has 0 spiro atoms. The van der Waals surface area contributed by atoms with E-state index < -0.39 is 6.04 Å². The van der Waals surface area contributed by atoms with Crippen molar-refractivity contribution in [2.45, 2.75) is 69.9 Å². The van der Waals surface area contributed by atoms with Gasteiger partial charge in [-0.2, -0.15) is 0 Å². The Balaban J connectivity index is 1.29. The molecular formula is C27H28N2O4. The number of rotatable bonds is 4. The van der Waals surface area contributed by atoms with Gasteiger partial charge in [-0.05, 0) is 79.5 Å². The molecule has 33 heavy (non-hydrogen) atoms. The van der Waals surface area contributed by atoms with Crippen molar-refractivity contribution < 1.29 is 19.2 Å². The lowest BCUT2D eigenvalue weighted by atomic mass is 10.0. The highest BCUT2D eigenvalue weighted by Crippen LogP contribution is 2.40. The molecule has 0 aromatic heterocycles. The van der Waals surface area contributed by atoms with E-state index in [-0.39, 0.29) is 23.4 Å². The second-order valence-electron chi connectivity index (χ2n) is 9.42. The summed E-state index contributed by atoms with van der Waals surface area (Å²) in [6.45, 7) is 0.318. The Morgan fingerprint density at radius 1 is 0.879 bits per heavy atom. The van der Waals surface area contributed by atoms with Gasteiger partial charge in [-0.1, -0.05) is 12.1 Å². The van der Waals surface area contributed by atoms with E-state index in [1.165, 1.54) is 18.4 Å². The van der Waals surface area contributed by atoms with Crippen LogP contribution in [-0.4, -0.2) is 34.3 Å². The molecule has 2 aromatic carbocycles. The van der Waals surface area contributed by atoms with Crippen LogP contribution in [0.1, 0.15) is 89.1 Å². The monoisotopic (exact) mass is 444 g/mol. The van der Waals surface area contributed by atoms with Crippen LogP contribution >= 0.6 is 0 Å². The second-order valence-corrected chi connectivity index (χ2v) is 9.42. The van der Waals surface area contributed by atoms with Crippen LogP contribution in [0, 0.1) is 0 Å². The summed E-state index contributed by atoms with van der Waals surface area (Å²) in [7, 11) is 0. The molecule has 3 aliphatic rings. The first-order chi connectivity index (χ1) is 16.0. The summed E-state index contributed by atoms with van der Waals surface area (Å²) in [4.78, 5) is 52.2. The maximum absolute atomic E-state index is 13.1. The summed E-state index contributed by atoms with van der Waals surface area (Å²) in [5, 5.41) is 2.92. The summed E-state index contributed by atoms with van der Waals surface area (Å²) >= 11 is 0. The highest BCUT2D eigenvalue weighted by atomic mass is 16.2. The first-order valence-electron chi connectivity index (χ1n) is 11.9. The van der Waals surface area contributed by atoms with Crippen LogP contribution in [0.5, 0.6) is 0 Å². The number of nitrogens with zero attached hydrogens (tertiary/aromatic N) is 1. The first kappa shape index (κ1) is 21.6. The Labute approximate surface area is 193 Å². The molecule has 2 amide bonds. The van der Waals surface area contributed by atoms with Crippen molar-refractivity contribution in [2.75, 3.05) is 5.32 Å². The van der Waals surface area contributed by atoms with Crippen molar-refractivity contribution >= 4 is 29.1 Å². The lowest BCUT2D eigenvalue weighted by molar-refractivity contribution is -0.124. The van der Waals surface area contributed by atoms with E-state index in [0.29, 0.717) is 61.4 Å². The number of hydrogen-bond donors (Lipinski definition) is 1. The van der Waals surface area contributed by atoms with Gasteiger partial charge < -0.3 is 10.2 Å². The summed E-state index contributed by atoms with van der Waals surface area (Å²) in [6.07, 6.45) is 5.50. The van der Waals surface area contributed by atoms with Gasteiger partial charge in [0.1, 0.15) is 5.78 Å². The lowest BCUT2D eigenvalue weighted by Crippen LogP contribution is -2.41. The number of ketones is 2. The molecule has 170 valence electrons. The normalized spacial score (nSPS) is 21.3. The molecule has 1 unspecified atom stereocenters. The number of hydrogen-bond acceptors (Lipinski definition) is 4. The molecule has 0 bridgehead atoms. The maximum Gasteiger partial charge on any atom is 0.255 e. The Morgan fingerprint density at radius 2 is 1.64 bits per heavy atom. The average molecular weight is 445 g/mol. The Kier molecular flexibility index (Phi) is 5.83. The minimum Gasteiger partial charge on any atom is -0.324 e. The van der Waals surface area contributed by atoms with Gasteiger partial charge in [-0.3, -0.25) is 19.2 Å². The predicted molar refractivity (Wildman–Crippen MR) is 124 cm³/mol. The predicted octanol–water partition coefficient (Wildman–Crippen LogP) is 4.63. The van der Waals surface area contributed by atoms with Gasteiger partial charge in [0.15, 0.2) is 5.78 Å². The van der Waals surface area contributed by atoms with Gasteiger partial charge in [0.2, 0.25) is 0 Å². The number of carbonyl (C=O) groups excluding carboxylic acids is 4. The van der Waals surface area contributed by atoms with Crippen LogP contribution in [0.25, 0.3) is 0 Å². The maximum atomic E-state index is 13.1. The molecule has 0 radical (unpaired) electrons. The fraction of sp³-hybridized carbons (Fsp3) is 0.407. The van der Waals surface area contributed by atoms with Crippen molar-refractivity contribution in [3.63, 3.8) is 0 Å². The molecule has 1 atom stereocenters. The largest absolute Gasteiger partial charge is 0.324 e. The van der Waals surface area contributed by atoms with Gasteiger partial charge in [0, 0.05) is 42.6 Å². The highest BCUT2D eigenvalue weighted by molar-refractivity contribution is 6.05. The van der Waals surface area contributed by atoms with Crippen molar-refractivity contribution in [2.24, 2.45) is 0 Å². The number of anilines is 1.